The van der Waals surface area contributed by atoms with E-state index < -0.39 is 10.0 Å². The van der Waals surface area contributed by atoms with E-state index in [-0.39, 0.29) is 16.8 Å². The molecule has 7 heteroatoms. The van der Waals surface area contributed by atoms with Crippen LogP contribution in [0, 0.1) is 0 Å². The number of rotatable bonds is 7. The lowest BCUT2D eigenvalue weighted by molar-refractivity contribution is -0.116. The van der Waals surface area contributed by atoms with Crippen LogP contribution in [-0.2, 0) is 21.2 Å². The van der Waals surface area contributed by atoms with Crippen molar-refractivity contribution in [2.45, 2.75) is 37.6 Å². The van der Waals surface area contributed by atoms with E-state index >= 15 is 0 Å². The van der Waals surface area contributed by atoms with E-state index in [1.807, 2.05) is 38.1 Å². The average Bonchev–Trinajstić information content (AvgIpc) is 2.59. The van der Waals surface area contributed by atoms with E-state index in [0.717, 1.165) is 10.0 Å². The van der Waals surface area contributed by atoms with E-state index in [4.69, 9.17) is 0 Å². The maximum atomic E-state index is 12.4. The number of nitrogens with one attached hydrogen (secondary N) is 1. The summed E-state index contributed by atoms with van der Waals surface area (Å²) in [6, 6.07) is 13.9. The fraction of sp³-hybridized carbons (Fsp3) is 0.316. The lowest BCUT2D eigenvalue weighted by Crippen LogP contribution is -2.33. The second-order valence-electron chi connectivity index (χ2n) is 6.32. The second-order valence-corrected chi connectivity index (χ2v) is 9.23. The molecule has 0 aliphatic heterocycles. The highest BCUT2D eigenvalue weighted by atomic mass is 79.9. The van der Waals surface area contributed by atoms with Crippen LogP contribution in [0.2, 0.25) is 0 Å². The van der Waals surface area contributed by atoms with Crippen LogP contribution in [0.3, 0.4) is 0 Å². The first-order valence-electron chi connectivity index (χ1n) is 8.32. The van der Waals surface area contributed by atoms with E-state index in [1.54, 1.807) is 19.2 Å². The monoisotopic (exact) mass is 438 g/mol. The molecule has 0 saturated heterocycles. The third-order valence-corrected chi connectivity index (χ3v) is 6.61. The van der Waals surface area contributed by atoms with Crippen molar-refractivity contribution in [3.63, 3.8) is 0 Å². The van der Waals surface area contributed by atoms with Crippen LogP contribution >= 0.6 is 15.9 Å². The molecule has 0 fully saturated rings. The molecule has 1 N–H and O–H groups in total. The number of hydrogen-bond donors (Lipinski definition) is 1. The number of halogens is 1. The minimum atomic E-state index is -3.52. The van der Waals surface area contributed by atoms with Gasteiger partial charge in [0.2, 0.25) is 15.9 Å². The molecule has 0 heterocycles. The number of carbonyl (C=O) groups is 1. The molecule has 26 heavy (non-hydrogen) atoms. The van der Waals surface area contributed by atoms with Crippen molar-refractivity contribution in [1.82, 2.24) is 4.31 Å². The van der Waals surface area contributed by atoms with Crippen molar-refractivity contribution in [2.75, 3.05) is 12.4 Å². The van der Waals surface area contributed by atoms with Crippen molar-refractivity contribution in [1.29, 1.82) is 0 Å². The van der Waals surface area contributed by atoms with Crippen LogP contribution in [0.1, 0.15) is 25.8 Å². The second kappa shape index (κ2) is 8.79. The Hall–Kier alpha value is -1.70. The van der Waals surface area contributed by atoms with Crippen molar-refractivity contribution in [3.05, 3.63) is 58.6 Å². The number of anilines is 1. The average molecular weight is 439 g/mol. The molecule has 0 aliphatic rings. The molecular weight excluding hydrogens is 416 g/mol. The SMILES string of the molecule is CC(C)N(C)S(=O)(=O)c1ccc(NC(=O)CCc2cccc(Br)c2)cc1. The lowest BCUT2D eigenvalue weighted by Gasteiger charge is -2.21. The Morgan fingerprint density at radius 3 is 2.38 bits per heavy atom. The summed E-state index contributed by atoms with van der Waals surface area (Å²) in [5.41, 5.74) is 1.66. The van der Waals surface area contributed by atoms with Gasteiger partial charge in [-0.2, -0.15) is 4.31 Å². The van der Waals surface area contributed by atoms with Crippen LogP contribution in [0.4, 0.5) is 5.69 Å². The summed E-state index contributed by atoms with van der Waals surface area (Å²) in [5.74, 6) is -0.111. The molecular formula is C19H23BrN2O3S. The number of benzene rings is 2. The van der Waals surface area contributed by atoms with Crippen LogP contribution in [0.25, 0.3) is 0 Å². The van der Waals surface area contributed by atoms with E-state index in [1.165, 1.54) is 16.4 Å². The first kappa shape index (κ1) is 20.6. The van der Waals surface area contributed by atoms with Gasteiger partial charge in [0, 0.05) is 29.7 Å². The molecule has 1 amide bonds. The Morgan fingerprint density at radius 2 is 1.81 bits per heavy atom. The van der Waals surface area contributed by atoms with Crippen molar-refractivity contribution in [3.8, 4) is 0 Å². The van der Waals surface area contributed by atoms with Gasteiger partial charge >= 0.3 is 0 Å². The predicted molar refractivity (Wildman–Crippen MR) is 108 cm³/mol. The maximum absolute atomic E-state index is 12.4. The molecule has 2 rings (SSSR count). The van der Waals surface area contributed by atoms with Crippen LogP contribution in [0.5, 0.6) is 0 Å². The van der Waals surface area contributed by atoms with Crippen molar-refractivity contribution >= 4 is 37.5 Å². The zero-order valence-electron chi connectivity index (χ0n) is 15.1. The zero-order valence-corrected chi connectivity index (χ0v) is 17.5. The number of nitrogens with zero attached hydrogens (tertiary/aromatic N) is 1. The summed E-state index contributed by atoms with van der Waals surface area (Å²) in [7, 11) is -1.96. The Kier molecular flexibility index (Phi) is 6.97. The number of amides is 1. The first-order chi connectivity index (χ1) is 12.2. The first-order valence-corrected chi connectivity index (χ1v) is 10.6. The third kappa shape index (κ3) is 5.40. The number of carbonyl (C=O) groups excluding carboxylic acids is 1. The van der Waals surface area contributed by atoms with Crippen LogP contribution in [0.15, 0.2) is 57.9 Å². The molecule has 0 radical (unpaired) electrons. The summed E-state index contributed by atoms with van der Waals surface area (Å²) in [6.07, 6.45) is 0.990. The van der Waals surface area contributed by atoms with Gasteiger partial charge in [0.1, 0.15) is 0 Å². The molecule has 0 unspecified atom stereocenters. The van der Waals surface area contributed by atoms with Gasteiger partial charge in [0.15, 0.2) is 0 Å². The number of aryl methyl sites for hydroxylation is 1. The smallest absolute Gasteiger partial charge is 0.243 e. The molecule has 0 bridgehead atoms. The Bertz CT molecular complexity index is 865. The van der Waals surface area contributed by atoms with Gasteiger partial charge in [-0.15, -0.1) is 0 Å². The van der Waals surface area contributed by atoms with E-state index in [9.17, 15) is 13.2 Å². The van der Waals surface area contributed by atoms with Crippen LogP contribution < -0.4 is 5.32 Å². The van der Waals surface area contributed by atoms with Gasteiger partial charge in [-0.1, -0.05) is 28.1 Å². The molecule has 0 saturated carbocycles. The molecule has 0 atom stereocenters. The normalized spacial score (nSPS) is 11.8. The predicted octanol–water partition coefficient (Wildman–Crippen LogP) is 4.05. The molecule has 0 aromatic heterocycles. The maximum Gasteiger partial charge on any atom is 0.243 e. The summed E-state index contributed by atoms with van der Waals surface area (Å²) < 4.78 is 27.2. The summed E-state index contributed by atoms with van der Waals surface area (Å²) in [6.45, 7) is 3.63. The lowest BCUT2D eigenvalue weighted by atomic mass is 10.1. The summed E-state index contributed by atoms with van der Waals surface area (Å²) in [4.78, 5) is 12.3. The zero-order chi connectivity index (χ0) is 19.3. The quantitative estimate of drug-likeness (QED) is 0.708. The van der Waals surface area contributed by atoms with Crippen molar-refractivity contribution < 1.29 is 13.2 Å². The van der Waals surface area contributed by atoms with Crippen LogP contribution in [-0.4, -0.2) is 31.7 Å². The highest BCUT2D eigenvalue weighted by Crippen LogP contribution is 2.19. The molecule has 5 nitrogen and oxygen atoms in total. The highest BCUT2D eigenvalue weighted by molar-refractivity contribution is 9.10. The minimum Gasteiger partial charge on any atom is -0.326 e. The van der Waals surface area contributed by atoms with Gasteiger partial charge in [-0.05, 0) is 62.2 Å². The number of sulfonamides is 1. The summed E-state index contributed by atoms with van der Waals surface area (Å²) >= 11 is 3.41. The molecule has 0 spiro atoms. The van der Waals surface area contributed by atoms with E-state index in [2.05, 4.69) is 21.2 Å². The van der Waals surface area contributed by atoms with Gasteiger partial charge in [0.05, 0.1) is 4.90 Å². The van der Waals surface area contributed by atoms with Crippen molar-refractivity contribution in [2.24, 2.45) is 0 Å². The highest BCUT2D eigenvalue weighted by Gasteiger charge is 2.22. The minimum absolute atomic E-state index is 0.111. The van der Waals surface area contributed by atoms with E-state index in [0.29, 0.717) is 18.5 Å². The van der Waals surface area contributed by atoms with Gasteiger partial charge < -0.3 is 5.32 Å². The summed E-state index contributed by atoms with van der Waals surface area (Å²) in [5, 5.41) is 2.80. The molecule has 140 valence electrons. The number of hydrogen-bond acceptors (Lipinski definition) is 3. The molecule has 2 aromatic carbocycles. The molecule has 0 aliphatic carbocycles. The third-order valence-electron chi connectivity index (χ3n) is 4.07. The standard InChI is InChI=1S/C19H23BrN2O3S/c1-14(2)22(3)26(24,25)18-10-8-17(9-11-18)21-19(23)12-7-15-5-4-6-16(20)13-15/h4-6,8-11,13-14H,7,12H2,1-3H3,(H,21,23). The van der Waals surface area contributed by atoms with Gasteiger partial charge in [-0.3, -0.25) is 4.79 Å². The Balaban J connectivity index is 1.97. The Morgan fingerprint density at radius 1 is 1.15 bits per heavy atom. The Labute approximate surface area is 163 Å². The van der Waals surface area contributed by atoms with Gasteiger partial charge in [0.25, 0.3) is 0 Å². The van der Waals surface area contributed by atoms with Gasteiger partial charge in [-0.25, -0.2) is 8.42 Å². The topological polar surface area (TPSA) is 66.5 Å². The fourth-order valence-corrected chi connectivity index (χ4v) is 4.14. The largest absolute Gasteiger partial charge is 0.326 e. The molecule has 2 aromatic rings. The fourth-order valence-electron chi connectivity index (χ4n) is 2.33.